The van der Waals surface area contributed by atoms with Crippen LogP contribution in [0.4, 0.5) is 11.4 Å². The molecule has 3 aliphatic rings. The molecular formula is C19H31ClN8O. The SMILES string of the molecule is NC(N)C(C(=O)Nc1cnccc1N1CCN2CCC[C@H]2C1)C1NCC(Cl)CN1. The zero-order valence-corrected chi connectivity index (χ0v) is 17.3. The molecule has 0 bridgehead atoms. The maximum Gasteiger partial charge on any atom is 0.233 e. The van der Waals surface area contributed by atoms with Gasteiger partial charge in [-0.1, -0.05) is 0 Å². The first kappa shape index (κ1) is 20.8. The summed E-state index contributed by atoms with van der Waals surface area (Å²) < 4.78 is 0. The Kier molecular flexibility index (Phi) is 6.53. The van der Waals surface area contributed by atoms with Gasteiger partial charge in [0.1, 0.15) is 0 Å². The number of rotatable bonds is 5. The summed E-state index contributed by atoms with van der Waals surface area (Å²) in [5, 5.41) is 9.45. The van der Waals surface area contributed by atoms with Crippen molar-refractivity contribution in [2.75, 3.05) is 49.5 Å². The first-order chi connectivity index (χ1) is 14.0. The average Bonchev–Trinajstić information content (AvgIpc) is 3.17. The van der Waals surface area contributed by atoms with Gasteiger partial charge in [-0.3, -0.25) is 25.3 Å². The summed E-state index contributed by atoms with van der Waals surface area (Å²) in [7, 11) is 0. The van der Waals surface area contributed by atoms with Gasteiger partial charge in [-0.15, -0.1) is 11.6 Å². The molecule has 10 heteroatoms. The lowest BCUT2D eigenvalue weighted by molar-refractivity contribution is -0.121. The normalized spacial score (nSPS) is 29.0. The van der Waals surface area contributed by atoms with Gasteiger partial charge in [-0.25, -0.2) is 0 Å². The highest BCUT2D eigenvalue weighted by atomic mass is 35.5. The quantitative estimate of drug-likeness (QED) is 0.311. The van der Waals surface area contributed by atoms with Crippen LogP contribution in [0.15, 0.2) is 18.5 Å². The van der Waals surface area contributed by atoms with Gasteiger partial charge in [0, 0.05) is 45.0 Å². The van der Waals surface area contributed by atoms with E-state index in [2.05, 4.69) is 30.7 Å². The summed E-state index contributed by atoms with van der Waals surface area (Å²) in [5.74, 6) is -0.870. The third-order valence-electron chi connectivity index (χ3n) is 6.18. The zero-order valence-electron chi connectivity index (χ0n) is 16.6. The van der Waals surface area contributed by atoms with Crippen molar-refractivity contribution in [3.63, 3.8) is 0 Å². The lowest BCUT2D eigenvalue weighted by atomic mass is 9.99. The number of nitrogens with zero attached hydrogens (tertiary/aromatic N) is 3. The number of hydrogen-bond donors (Lipinski definition) is 5. The number of nitrogens with two attached hydrogens (primary N) is 2. The minimum Gasteiger partial charge on any atom is -0.367 e. The lowest BCUT2D eigenvalue weighted by Gasteiger charge is -2.39. The van der Waals surface area contributed by atoms with E-state index in [1.54, 1.807) is 12.4 Å². The van der Waals surface area contributed by atoms with Crippen molar-refractivity contribution in [1.82, 2.24) is 20.5 Å². The molecule has 1 amide bonds. The Labute approximate surface area is 176 Å². The molecule has 3 saturated heterocycles. The maximum absolute atomic E-state index is 13.1. The second-order valence-electron chi connectivity index (χ2n) is 8.15. The van der Waals surface area contributed by atoms with E-state index in [-0.39, 0.29) is 17.5 Å². The molecule has 1 unspecified atom stereocenters. The molecule has 0 radical (unpaired) electrons. The smallest absolute Gasteiger partial charge is 0.233 e. The third kappa shape index (κ3) is 4.65. The van der Waals surface area contributed by atoms with E-state index in [1.165, 1.54) is 19.4 Å². The van der Waals surface area contributed by atoms with Crippen LogP contribution in [-0.2, 0) is 4.79 Å². The Hall–Kier alpha value is -1.49. The molecule has 160 valence electrons. The molecule has 3 aliphatic heterocycles. The largest absolute Gasteiger partial charge is 0.367 e. The van der Waals surface area contributed by atoms with Crippen molar-refractivity contribution in [2.24, 2.45) is 17.4 Å². The van der Waals surface area contributed by atoms with Gasteiger partial charge in [-0.2, -0.15) is 0 Å². The standard InChI is InChI=1S/C19H31ClN8O/c20-12-8-24-18(25-9-12)16(17(21)22)19(29)26-14-10-23-4-3-15(14)28-7-6-27-5-1-2-13(27)11-28/h3-4,10,12-13,16-18,24-25H,1-2,5-9,11,21-22H2,(H,26,29)/t12?,13-,16?,18?/m0/s1. The second-order valence-corrected chi connectivity index (χ2v) is 8.77. The lowest BCUT2D eigenvalue weighted by Crippen LogP contribution is -2.64. The molecule has 0 saturated carbocycles. The first-order valence-electron chi connectivity index (χ1n) is 10.4. The van der Waals surface area contributed by atoms with Crippen LogP contribution >= 0.6 is 11.6 Å². The van der Waals surface area contributed by atoms with Crippen LogP contribution in [0, 0.1) is 5.92 Å². The topological polar surface area (TPSA) is 125 Å². The van der Waals surface area contributed by atoms with E-state index in [0.717, 1.165) is 25.3 Å². The van der Waals surface area contributed by atoms with E-state index in [4.69, 9.17) is 23.1 Å². The van der Waals surface area contributed by atoms with Gasteiger partial charge in [-0.05, 0) is 25.5 Å². The fourth-order valence-corrected chi connectivity index (χ4v) is 4.82. The van der Waals surface area contributed by atoms with Gasteiger partial charge in [0.15, 0.2) is 0 Å². The maximum atomic E-state index is 13.1. The molecule has 29 heavy (non-hydrogen) atoms. The van der Waals surface area contributed by atoms with Crippen molar-refractivity contribution in [3.8, 4) is 0 Å². The summed E-state index contributed by atoms with van der Waals surface area (Å²) in [6, 6.07) is 2.55. The van der Waals surface area contributed by atoms with E-state index >= 15 is 0 Å². The van der Waals surface area contributed by atoms with Crippen LogP contribution in [0.2, 0.25) is 0 Å². The van der Waals surface area contributed by atoms with E-state index < -0.39 is 12.1 Å². The number of aromatic nitrogens is 1. The monoisotopic (exact) mass is 422 g/mol. The molecule has 7 N–H and O–H groups in total. The zero-order chi connectivity index (χ0) is 20.4. The number of fused-ring (bicyclic) bond motifs is 1. The Balaban J connectivity index is 1.47. The average molecular weight is 423 g/mol. The Morgan fingerprint density at radius 3 is 2.83 bits per heavy atom. The molecule has 4 rings (SSSR count). The van der Waals surface area contributed by atoms with Crippen LogP contribution in [0.5, 0.6) is 0 Å². The van der Waals surface area contributed by atoms with Crippen molar-refractivity contribution >= 4 is 28.9 Å². The predicted molar refractivity (Wildman–Crippen MR) is 115 cm³/mol. The number of hydrogen-bond acceptors (Lipinski definition) is 8. The first-order valence-corrected chi connectivity index (χ1v) is 10.8. The van der Waals surface area contributed by atoms with E-state index in [1.807, 2.05) is 6.07 Å². The molecule has 4 heterocycles. The van der Waals surface area contributed by atoms with Crippen LogP contribution in [0.1, 0.15) is 12.8 Å². The summed E-state index contributed by atoms with van der Waals surface area (Å²) >= 11 is 6.12. The van der Waals surface area contributed by atoms with E-state index in [9.17, 15) is 4.79 Å². The molecule has 1 aromatic rings. The number of nitrogens with one attached hydrogen (secondary N) is 3. The minimum atomic E-state index is -0.811. The molecule has 0 spiro atoms. The molecule has 3 fully saturated rings. The molecule has 1 aromatic heterocycles. The highest BCUT2D eigenvalue weighted by molar-refractivity contribution is 6.21. The van der Waals surface area contributed by atoms with Crippen LogP contribution in [0.3, 0.4) is 0 Å². The Bertz CT molecular complexity index is 711. The second kappa shape index (κ2) is 9.11. The molecular weight excluding hydrogens is 392 g/mol. The number of amides is 1. The third-order valence-corrected chi connectivity index (χ3v) is 6.49. The fourth-order valence-electron chi connectivity index (χ4n) is 4.64. The summed E-state index contributed by atoms with van der Waals surface area (Å²) in [6.45, 7) is 5.34. The highest BCUT2D eigenvalue weighted by Crippen LogP contribution is 2.30. The number of carbonyl (C=O) groups excluding carboxylic acids is 1. The van der Waals surface area contributed by atoms with Gasteiger partial charge in [0.25, 0.3) is 0 Å². The van der Waals surface area contributed by atoms with Gasteiger partial charge >= 0.3 is 0 Å². The molecule has 0 aromatic carbocycles. The molecule has 0 aliphatic carbocycles. The van der Waals surface area contributed by atoms with Crippen molar-refractivity contribution in [3.05, 3.63) is 18.5 Å². The number of halogens is 1. The fraction of sp³-hybridized carbons (Fsp3) is 0.684. The van der Waals surface area contributed by atoms with E-state index in [0.29, 0.717) is 24.8 Å². The highest BCUT2D eigenvalue weighted by Gasteiger charge is 2.35. The number of alkyl halides is 1. The summed E-state index contributed by atoms with van der Waals surface area (Å²) in [5.41, 5.74) is 13.6. The van der Waals surface area contributed by atoms with Crippen molar-refractivity contribution < 1.29 is 4.79 Å². The van der Waals surface area contributed by atoms with Crippen LogP contribution < -0.4 is 32.3 Å². The summed E-state index contributed by atoms with van der Waals surface area (Å²) in [6.07, 6.45) is 4.82. The van der Waals surface area contributed by atoms with Crippen LogP contribution in [0.25, 0.3) is 0 Å². The summed E-state index contributed by atoms with van der Waals surface area (Å²) in [4.78, 5) is 22.2. The van der Waals surface area contributed by atoms with Gasteiger partial charge < -0.3 is 21.7 Å². The number of pyridine rings is 1. The predicted octanol–water partition coefficient (Wildman–Crippen LogP) is -0.709. The Morgan fingerprint density at radius 2 is 2.07 bits per heavy atom. The van der Waals surface area contributed by atoms with Crippen LogP contribution in [-0.4, -0.2) is 78.8 Å². The number of anilines is 2. The molecule has 9 nitrogen and oxygen atoms in total. The Morgan fingerprint density at radius 1 is 1.28 bits per heavy atom. The minimum absolute atomic E-state index is 0.0249. The van der Waals surface area contributed by atoms with Crippen molar-refractivity contribution in [1.29, 1.82) is 0 Å². The van der Waals surface area contributed by atoms with Crippen molar-refractivity contribution in [2.45, 2.75) is 36.6 Å². The molecule has 2 atom stereocenters. The van der Waals surface area contributed by atoms with Gasteiger partial charge in [0.05, 0.1) is 41.2 Å². The number of piperazine rings is 1. The van der Waals surface area contributed by atoms with Gasteiger partial charge in [0.2, 0.25) is 5.91 Å². The number of carbonyl (C=O) groups is 1.